The number of hydrogen-bond donors (Lipinski definition) is 2. The molecule has 0 saturated heterocycles. The molecule has 0 aliphatic carbocycles. The summed E-state index contributed by atoms with van der Waals surface area (Å²) in [5.74, 6) is 0.0497. The van der Waals surface area contributed by atoms with Gasteiger partial charge in [-0.15, -0.1) is 11.3 Å². The number of carbonyl (C=O) groups excluding carboxylic acids is 1. The number of thiophene rings is 1. The number of aliphatic imine (C=N–C) groups is 1. The van der Waals surface area contributed by atoms with Crippen LogP contribution >= 0.6 is 11.3 Å². The van der Waals surface area contributed by atoms with Gasteiger partial charge < -0.3 is 11.5 Å². The third kappa shape index (κ3) is 2.38. The van der Waals surface area contributed by atoms with Gasteiger partial charge in [0.1, 0.15) is 0 Å². The smallest absolute Gasteiger partial charge is 0.266 e. The second-order valence-electron chi connectivity index (χ2n) is 6.19. The number of rotatable bonds is 3. The van der Waals surface area contributed by atoms with Crippen LogP contribution in [0.3, 0.4) is 0 Å². The minimum Gasteiger partial charge on any atom is -0.391 e. The van der Waals surface area contributed by atoms with Crippen LogP contribution in [0.4, 0.5) is 5.00 Å². The highest BCUT2D eigenvalue weighted by atomic mass is 32.1. The zero-order chi connectivity index (χ0) is 18.3. The van der Waals surface area contributed by atoms with Crippen molar-refractivity contribution in [3.8, 4) is 10.4 Å². The third-order valence-electron chi connectivity index (χ3n) is 4.62. The molecule has 1 aromatic heterocycles. The summed E-state index contributed by atoms with van der Waals surface area (Å²) in [5.41, 5.74) is 13.3. The van der Waals surface area contributed by atoms with E-state index in [1.165, 1.54) is 16.2 Å². The summed E-state index contributed by atoms with van der Waals surface area (Å²) < 4.78 is 0. The molecule has 2 heterocycles. The van der Waals surface area contributed by atoms with Gasteiger partial charge in [0, 0.05) is 11.9 Å². The number of nitrogens with two attached hydrogens (primary N) is 2. The Balaban J connectivity index is 1.93. The van der Waals surface area contributed by atoms with Crippen LogP contribution in [-0.2, 0) is 10.3 Å². The van der Waals surface area contributed by atoms with Crippen molar-refractivity contribution in [2.75, 3.05) is 12.8 Å². The average molecular weight is 362 g/mol. The summed E-state index contributed by atoms with van der Waals surface area (Å²) in [6, 6.07) is 21.2. The van der Waals surface area contributed by atoms with Crippen LogP contribution in [0.2, 0.25) is 0 Å². The Labute approximate surface area is 155 Å². The molecule has 1 atom stereocenters. The van der Waals surface area contributed by atoms with Crippen molar-refractivity contribution in [1.29, 1.82) is 0 Å². The second-order valence-corrected chi connectivity index (χ2v) is 7.31. The highest BCUT2D eigenvalue weighted by molar-refractivity contribution is 7.19. The zero-order valence-corrected chi connectivity index (χ0v) is 15.0. The average Bonchev–Trinajstić information content (AvgIpc) is 3.20. The molecule has 0 fully saturated rings. The van der Waals surface area contributed by atoms with Crippen LogP contribution in [0, 0.1) is 0 Å². The molecule has 0 spiro atoms. The molecular formula is C20H18N4OS. The van der Waals surface area contributed by atoms with Gasteiger partial charge in [-0.1, -0.05) is 48.5 Å². The maximum atomic E-state index is 13.2. The Morgan fingerprint density at radius 1 is 0.962 bits per heavy atom. The third-order valence-corrected chi connectivity index (χ3v) is 5.59. The number of amides is 1. The van der Waals surface area contributed by atoms with Crippen LogP contribution < -0.4 is 11.5 Å². The summed E-state index contributed by atoms with van der Waals surface area (Å²) in [4.78, 5) is 20.3. The Morgan fingerprint density at radius 3 is 2.31 bits per heavy atom. The van der Waals surface area contributed by atoms with E-state index in [1.54, 1.807) is 7.05 Å². The predicted molar refractivity (Wildman–Crippen MR) is 106 cm³/mol. The van der Waals surface area contributed by atoms with E-state index in [0.29, 0.717) is 0 Å². The molecule has 1 unspecified atom stereocenters. The first-order chi connectivity index (χ1) is 12.5. The van der Waals surface area contributed by atoms with Crippen LogP contribution in [0.1, 0.15) is 11.1 Å². The Morgan fingerprint density at radius 2 is 1.69 bits per heavy atom. The maximum absolute atomic E-state index is 13.2. The predicted octanol–water partition coefficient (Wildman–Crippen LogP) is 3.03. The number of likely N-dealkylation sites (N-methyl/N-ethyl adjacent to an activating group) is 1. The van der Waals surface area contributed by atoms with Crippen LogP contribution in [0.25, 0.3) is 10.4 Å². The quantitative estimate of drug-likeness (QED) is 0.751. The second kappa shape index (κ2) is 6.00. The number of guanidine groups is 1. The number of nitrogens with zero attached hydrogens (tertiary/aromatic N) is 2. The molecule has 130 valence electrons. The molecule has 1 aliphatic heterocycles. The number of nitrogen functional groups attached to an aromatic ring is 1. The van der Waals surface area contributed by atoms with Gasteiger partial charge >= 0.3 is 0 Å². The highest BCUT2D eigenvalue weighted by Crippen LogP contribution is 2.41. The van der Waals surface area contributed by atoms with Crippen LogP contribution in [0.15, 0.2) is 71.7 Å². The van der Waals surface area contributed by atoms with E-state index in [4.69, 9.17) is 11.5 Å². The minimum atomic E-state index is -1.17. The lowest BCUT2D eigenvalue weighted by Gasteiger charge is -2.26. The Kier molecular flexibility index (Phi) is 3.77. The summed E-state index contributed by atoms with van der Waals surface area (Å²) in [7, 11) is 1.65. The molecule has 3 aromatic rings. The minimum absolute atomic E-state index is 0.163. The molecule has 2 aromatic carbocycles. The number of benzene rings is 2. The summed E-state index contributed by atoms with van der Waals surface area (Å²) in [6.07, 6.45) is 0. The monoisotopic (exact) mass is 362 g/mol. The van der Waals surface area contributed by atoms with Crippen molar-refractivity contribution in [3.63, 3.8) is 0 Å². The van der Waals surface area contributed by atoms with Crippen molar-refractivity contribution in [2.45, 2.75) is 5.54 Å². The Hall–Kier alpha value is -3.12. The summed E-state index contributed by atoms with van der Waals surface area (Å²) in [6.45, 7) is 0. The van der Waals surface area contributed by atoms with Crippen molar-refractivity contribution in [1.82, 2.24) is 4.90 Å². The first-order valence-corrected chi connectivity index (χ1v) is 8.99. The van der Waals surface area contributed by atoms with Gasteiger partial charge in [0.05, 0.1) is 5.00 Å². The molecule has 1 amide bonds. The summed E-state index contributed by atoms with van der Waals surface area (Å²) in [5, 5.41) is 0.752. The zero-order valence-electron chi connectivity index (χ0n) is 14.2. The summed E-state index contributed by atoms with van der Waals surface area (Å²) >= 11 is 1.51. The van der Waals surface area contributed by atoms with E-state index in [0.717, 1.165) is 26.6 Å². The largest absolute Gasteiger partial charge is 0.391 e. The molecule has 0 saturated carbocycles. The standard InChI is InChI=1S/C20H18N4OS/c1-24-18(25)20(23-19(24)22,14-7-3-2-4-8-14)15-9-5-6-13(12-15)16-10-11-17(21)26-16/h2-12H,21H2,1H3,(H2,22,23). The van der Waals surface area contributed by atoms with Crippen molar-refractivity contribution >= 4 is 28.2 Å². The van der Waals surface area contributed by atoms with Crippen LogP contribution in [0.5, 0.6) is 0 Å². The molecular weight excluding hydrogens is 344 g/mol. The molecule has 1 aliphatic rings. The van der Waals surface area contributed by atoms with E-state index in [2.05, 4.69) is 4.99 Å². The highest BCUT2D eigenvalue weighted by Gasteiger charge is 2.49. The lowest BCUT2D eigenvalue weighted by Crippen LogP contribution is -2.41. The molecule has 0 radical (unpaired) electrons. The number of carbonyl (C=O) groups is 1. The molecule has 0 bridgehead atoms. The Bertz CT molecular complexity index is 1010. The van der Waals surface area contributed by atoms with Crippen molar-refractivity contribution < 1.29 is 4.79 Å². The molecule has 6 heteroatoms. The van der Waals surface area contributed by atoms with Gasteiger partial charge in [-0.2, -0.15) is 0 Å². The fraction of sp³-hybridized carbons (Fsp3) is 0.100. The van der Waals surface area contributed by atoms with E-state index >= 15 is 0 Å². The van der Waals surface area contributed by atoms with Gasteiger partial charge in [-0.05, 0) is 34.9 Å². The van der Waals surface area contributed by atoms with Crippen LogP contribution in [-0.4, -0.2) is 23.8 Å². The first-order valence-electron chi connectivity index (χ1n) is 8.17. The van der Waals surface area contributed by atoms with Gasteiger partial charge in [0.25, 0.3) is 5.91 Å². The van der Waals surface area contributed by atoms with Crippen molar-refractivity contribution in [3.05, 3.63) is 77.9 Å². The fourth-order valence-corrected chi connectivity index (χ4v) is 4.04. The molecule has 5 nitrogen and oxygen atoms in total. The SMILES string of the molecule is CN1C(=O)C(c2ccccc2)(c2cccc(-c3ccc(N)s3)c2)N=C1N. The van der Waals surface area contributed by atoms with Gasteiger partial charge in [0.2, 0.25) is 0 Å². The topological polar surface area (TPSA) is 84.7 Å². The van der Waals surface area contributed by atoms with Gasteiger partial charge in [-0.3, -0.25) is 9.69 Å². The van der Waals surface area contributed by atoms with Crippen molar-refractivity contribution in [2.24, 2.45) is 10.7 Å². The molecule has 4 rings (SSSR count). The van der Waals surface area contributed by atoms with E-state index in [9.17, 15) is 4.79 Å². The molecule has 4 N–H and O–H groups in total. The lowest BCUT2D eigenvalue weighted by atomic mass is 9.82. The van der Waals surface area contributed by atoms with E-state index < -0.39 is 5.54 Å². The number of anilines is 1. The van der Waals surface area contributed by atoms with Gasteiger partial charge in [0.15, 0.2) is 11.5 Å². The van der Waals surface area contributed by atoms with Gasteiger partial charge in [-0.25, -0.2) is 4.99 Å². The number of hydrogen-bond acceptors (Lipinski definition) is 5. The first kappa shape index (κ1) is 16.4. The normalized spacial score (nSPS) is 19.7. The molecule has 26 heavy (non-hydrogen) atoms. The fourth-order valence-electron chi connectivity index (χ4n) is 3.27. The lowest BCUT2D eigenvalue weighted by molar-refractivity contribution is -0.129. The van der Waals surface area contributed by atoms with E-state index in [1.807, 2.05) is 66.7 Å². The maximum Gasteiger partial charge on any atom is 0.266 e. The van der Waals surface area contributed by atoms with E-state index in [-0.39, 0.29) is 11.9 Å².